The van der Waals surface area contributed by atoms with Gasteiger partial charge in [-0.25, -0.2) is 4.79 Å². The maximum atomic E-state index is 10.4. The second-order valence-electron chi connectivity index (χ2n) is 2.35. The van der Waals surface area contributed by atoms with Crippen molar-refractivity contribution in [2.45, 2.75) is 6.42 Å². The molecule has 0 saturated carbocycles. The Morgan fingerprint density at radius 1 is 1.69 bits per heavy atom. The summed E-state index contributed by atoms with van der Waals surface area (Å²) in [6.07, 6.45) is 2.41. The monoisotopic (exact) mass is 182 g/mol. The summed E-state index contributed by atoms with van der Waals surface area (Å²) >= 11 is 0. The summed E-state index contributed by atoms with van der Waals surface area (Å²) in [7, 11) is 0. The molecule has 70 valence electrons. The van der Waals surface area contributed by atoms with Crippen LogP contribution in [0.15, 0.2) is 29.2 Å². The second kappa shape index (κ2) is 4.35. The smallest absolute Gasteiger partial charge is 0.371 e. The van der Waals surface area contributed by atoms with Gasteiger partial charge in [0, 0.05) is 6.07 Å². The predicted octanol–water partition coefficient (Wildman–Crippen LogP) is 1.93. The Kier molecular flexibility index (Phi) is 3.14. The second-order valence-corrected chi connectivity index (χ2v) is 2.35. The Hall–Kier alpha value is -1.71. The normalized spacial score (nSPS) is 9.54. The third-order valence-corrected chi connectivity index (χ3v) is 1.36. The number of carboxylic acid groups (broad SMARTS) is 1. The average Bonchev–Trinajstić information content (AvgIpc) is 2.53. The van der Waals surface area contributed by atoms with E-state index < -0.39 is 5.97 Å². The third-order valence-electron chi connectivity index (χ3n) is 1.36. The molecule has 0 spiro atoms. The summed E-state index contributed by atoms with van der Waals surface area (Å²) in [5, 5.41) is 8.50. The number of aromatic carboxylic acids is 1. The van der Waals surface area contributed by atoms with Crippen LogP contribution >= 0.6 is 0 Å². The number of hydrogen-bond donors (Lipinski definition) is 1. The highest BCUT2D eigenvalue weighted by atomic mass is 16.6. The number of furan rings is 1. The van der Waals surface area contributed by atoms with Gasteiger partial charge in [0.05, 0.1) is 6.61 Å². The minimum atomic E-state index is -1.10. The predicted molar refractivity (Wildman–Crippen MR) is 46.0 cm³/mol. The highest BCUT2D eigenvalue weighted by Crippen LogP contribution is 2.15. The van der Waals surface area contributed by atoms with Crippen molar-refractivity contribution in [1.82, 2.24) is 0 Å². The van der Waals surface area contributed by atoms with Gasteiger partial charge in [0.1, 0.15) is 0 Å². The Morgan fingerprint density at radius 3 is 3.00 bits per heavy atom. The summed E-state index contributed by atoms with van der Waals surface area (Å²) in [6, 6.07) is 2.83. The zero-order chi connectivity index (χ0) is 9.68. The molecule has 1 heterocycles. The van der Waals surface area contributed by atoms with Crippen molar-refractivity contribution in [2.24, 2.45) is 0 Å². The average molecular weight is 182 g/mol. The van der Waals surface area contributed by atoms with E-state index in [1.54, 1.807) is 6.08 Å². The fourth-order valence-corrected chi connectivity index (χ4v) is 0.756. The quantitative estimate of drug-likeness (QED) is 0.558. The molecule has 0 atom stereocenters. The van der Waals surface area contributed by atoms with Crippen LogP contribution in [0.2, 0.25) is 0 Å². The van der Waals surface area contributed by atoms with Gasteiger partial charge in [-0.05, 0) is 12.5 Å². The van der Waals surface area contributed by atoms with Crippen LogP contribution in [-0.2, 0) is 0 Å². The lowest BCUT2D eigenvalue weighted by Gasteiger charge is -1.97. The minimum absolute atomic E-state index is 0.117. The fraction of sp³-hybridized carbons (Fsp3) is 0.222. The number of ether oxygens (including phenoxy) is 1. The molecule has 0 radical (unpaired) electrons. The largest absolute Gasteiger partial charge is 0.475 e. The SMILES string of the molecule is C=CCCOc1ccc(C(=O)O)o1. The molecule has 0 amide bonds. The highest BCUT2D eigenvalue weighted by molar-refractivity contribution is 5.84. The molecule has 1 aromatic rings. The van der Waals surface area contributed by atoms with Crippen LogP contribution in [-0.4, -0.2) is 17.7 Å². The number of rotatable bonds is 5. The van der Waals surface area contributed by atoms with Crippen LogP contribution in [0.1, 0.15) is 17.0 Å². The molecule has 1 N–H and O–H groups in total. The Balaban J connectivity index is 2.49. The van der Waals surface area contributed by atoms with Crippen LogP contribution in [0.4, 0.5) is 0 Å². The lowest BCUT2D eigenvalue weighted by Crippen LogP contribution is -1.94. The van der Waals surface area contributed by atoms with Crippen molar-refractivity contribution in [3.05, 3.63) is 30.5 Å². The van der Waals surface area contributed by atoms with Crippen molar-refractivity contribution in [3.63, 3.8) is 0 Å². The highest BCUT2D eigenvalue weighted by Gasteiger charge is 2.08. The standard InChI is InChI=1S/C9H10O4/c1-2-3-6-12-8-5-4-7(13-8)9(10)11/h2,4-5H,1,3,6H2,(H,10,11). The molecule has 0 fully saturated rings. The van der Waals surface area contributed by atoms with Gasteiger partial charge in [-0.1, -0.05) is 6.08 Å². The van der Waals surface area contributed by atoms with Gasteiger partial charge in [-0.15, -0.1) is 6.58 Å². The Morgan fingerprint density at radius 2 is 2.46 bits per heavy atom. The van der Waals surface area contributed by atoms with Crippen molar-refractivity contribution in [3.8, 4) is 5.95 Å². The summed E-state index contributed by atoms with van der Waals surface area (Å²) in [6.45, 7) is 3.96. The van der Waals surface area contributed by atoms with Crippen molar-refractivity contribution in [2.75, 3.05) is 6.61 Å². The lowest BCUT2D eigenvalue weighted by molar-refractivity contribution is 0.0653. The van der Waals surface area contributed by atoms with Crippen LogP contribution in [0.5, 0.6) is 5.95 Å². The van der Waals surface area contributed by atoms with Crippen LogP contribution in [0.3, 0.4) is 0 Å². The third kappa shape index (κ3) is 2.66. The summed E-state index contributed by atoms with van der Waals surface area (Å²) in [4.78, 5) is 10.4. The molecule has 0 aromatic carbocycles. The molecule has 1 aromatic heterocycles. The van der Waals surface area contributed by atoms with Crippen molar-refractivity contribution >= 4 is 5.97 Å². The number of carboxylic acids is 1. The van der Waals surface area contributed by atoms with E-state index in [-0.39, 0.29) is 11.7 Å². The van der Waals surface area contributed by atoms with Crippen molar-refractivity contribution < 1.29 is 19.1 Å². The molecular formula is C9H10O4. The fourth-order valence-electron chi connectivity index (χ4n) is 0.756. The topological polar surface area (TPSA) is 59.7 Å². The first-order chi connectivity index (χ1) is 6.24. The molecule has 0 aliphatic rings. The van der Waals surface area contributed by atoms with Gasteiger partial charge < -0.3 is 14.3 Å². The Labute approximate surface area is 75.4 Å². The summed E-state index contributed by atoms with van der Waals surface area (Å²) in [5.41, 5.74) is 0. The summed E-state index contributed by atoms with van der Waals surface area (Å²) < 4.78 is 9.91. The van der Waals surface area contributed by atoms with Gasteiger partial charge in [0.15, 0.2) is 0 Å². The summed E-state index contributed by atoms with van der Waals surface area (Å²) in [5.74, 6) is -0.994. The zero-order valence-electron chi connectivity index (χ0n) is 7.03. The molecule has 0 bridgehead atoms. The van der Waals surface area contributed by atoms with Gasteiger partial charge in [-0.3, -0.25) is 0 Å². The van der Waals surface area contributed by atoms with E-state index in [4.69, 9.17) is 14.3 Å². The van der Waals surface area contributed by atoms with Crippen molar-refractivity contribution in [1.29, 1.82) is 0 Å². The Bertz CT molecular complexity index is 300. The molecule has 0 unspecified atom stereocenters. The zero-order valence-corrected chi connectivity index (χ0v) is 7.03. The van der Waals surface area contributed by atoms with E-state index in [0.29, 0.717) is 13.0 Å². The van der Waals surface area contributed by atoms with Gasteiger partial charge >= 0.3 is 5.97 Å². The molecule has 0 aliphatic carbocycles. The van der Waals surface area contributed by atoms with Gasteiger partial charge in [0.2, 0.25) is 5.76 Å². The molecular weight excluding hydrogens is 172 g/mol. The lowest BCUT2D eigenvalue weighted by atomic mass is 10.4. The van der Waals surface area contributed by atoms with E-state index in [9.17, 15) is 4.79 Å². The molecule has 0 saturated heterocycles. The number of hydrogen-bond acceptors (Lipinski definition) is 3. The molecule has 1 rings (SSSR count). The van der Waals surface area contributed by atoms with E-state index in [0.717, 1.165) is 0 Å². The number of carbonyl (C=O) groups is 1. The maximum Gasteiger partial charge on any atom is 0.371 e. The maximum absolute atomic E-state index is 10.4. The van der Waals surface area contributed by atoms with Gasteiger partial charge in [0.25, 0.3) is 5.95 Å². The van der Waals surface area contributed by atoms with Crippen LogP contribution < -0.4 is 4.74 Å². The molecule has 4 heteroatoms. The van der Waals surface area contributed by atoms with Gasteiger partial charge in [-0.2, -0.15) is 0 Å². The molecule has 13 heavy (non-hydrogen) atoms. The molecule has 0 aliphatic heterocycles. The van der Waals surface area contributed by atoms with E-state index >= 15 is 0 Å². The van der Waals surface area contributed by atoms with E-state index in [1.165, 1.54) is 12.1 Å². The van der Waals surface area contributed by atoms with Crippen LogP contribution in [0, 0.1) is 0 Å². The van der Waals surface area contributed by atoms with Crippen LogP contribution in [0.25, 0.3) is 0 Å². The first-order valence-electron chi connectivity index (χ1n) is 3.81. The van der Waals surface area contributed by atoms with E-state index in [2.05, 4.69) is 6.58 Å². The first kappa shape index (κ1) is 9.38. The first-order valence-corrected chi connectivity index (χ1v) is 3.81. The molecule has 4 nitrogen and oxygen atoms in total. The minimum Gasteiger partial charge on any atom is -0.475 e. The van der Waals surface area contributed by atoms with E-state index in [1.807, 2.05) is 0 Å².